The fourth-order valence-corrected chi connectivity index (χ4v) is 3.25. The number of carbonyl (C=O) groups excluding carboxylic acids is 2. The van der Waals surface area contributed by atoms with Gasteiger partial charge in [0.25, 0.3) is 10.1 Å². The van der Waals surface area contributed by atoms with Crippen molar-refractivity contribution in [2.45, 2.75) is 63.5 Å². The van der Waals surface area contributed by atoms with E-state index in [0.717, 1.165) is 24.1 Å². The first-order valence-corrected chi connectivity index (χ1v) is 14.5. The fourth-order valence-electron chi connectivity index (χ4n) is 2.56. The van der Waals surface area contributed by atoms with Crippen LogP contribution in [0.3, 0.4) is 0 Å². The molecule has 0 heterocycles. The summed E-state index contributed by atoms with van der Waals surface area (Å²) in [6, 6.07) is 11.2. The minimum absolute atomic E-state index is 0.0513. The predicted molar refractivity (Wildman–Crippen MR) is 138 cm³/mol. The summed E-state index contributed by atoms with van der Waals surface area (Å²) in [5.74, 6) is -1.15. The average molecular weight is 595 g/mol. The highest BCUT2D eigenvalue weighted by molar-refractivity contribution is 7.87. The summed E-state index contributed by atoms with van der Waals surface area (Å²) in [7, 11) is -9.74. The van der Waals surface area contributed by atoms with Gasteiger partial charge in [0.05, 0.1) is 15.9 Å². The van der Waals surface area contributed by atoms with E-state index in [0.29, 0.717) is 12.3 Å². The van der Waals surface area contributed by atoms with Crippen LogP contribution in [-0.2, 0) is 29.8 Å². The number of alkyl halides is 2. The lowest BCUT2D eigenvalue weighted by Gasteiger charge is -2.20. The van der Waals surface area contributed by atoms with Crippen molar-refractivity contribution in [2.24, 2.45) is 5.41 Å². The van der Waals surface area contributed by atoms with Gasteiger partial charge in [0.2, 0.25) is 0 Å². The maximum absolute atomic E-state index is 13.0. The summed E-state index contributed by atoms with van der Waals surface area (Å²) in [5.41, 5.74) is 0.222. The maximum atomic E-state index is 13.0. The predicted octanol–water partition coefficient (Wildman–Crippen LogP) is 5.11. The molecule has 0 bridgehead atoms. The molecule has 0 saturated heterocycles. The third-order valence-electron chi connectivity index (χ3n) is 5.85. The van der Waals surface area contributed by atoms with Crippen LogP contribution in [0.2, 0.25) is 0 Å². The maximum Gasteiger partial charge on any atom is 0.402 e. The highest BCUT2D eigenvalue weighted by atomic mass is 32.2. The molecule has 0 aliphatic heterocycles. The monoisotopic (exact) mass is 594 g/mol. The molecule has 10 nitrogen and oxygen atoms in total. The topological polar surface area (TPSA) is 161 Å². The normalized spacial score (nSPS) is 13.1. The number of carbonyl (C=O) groups is 2. The van der Waals surface area contributed by atoms with Crippen LogP contribution in [0.4, 0.5) is 8.78 Å². The Hall–Kier alpha value is -2.94. The lowest BCUT2D eigenvalue weighted by atomic mass is 9.91. The molecule has 2 N–H and O–H groups in total. The van der Waals surface area contributed by atoms with Crippen LogP contribution in [0.5, 0.6) is 5.75 Å². The van der Waals surface area contributed by atoms with Crippen molar-refractivity contribution in [3.8, 4) is 5.75 Å². The molecule has 2 aromatic carbocycles. The van der Waals surface area contributed by atoms with Gasteiger partial charge >= 0.3 is 27.3 Å². The first-order chi connectivity index (χ1) is 17.7. The molecule has 0 aromatic heterocycles. The van der Waals surface area contributed by atoms with E-state index in [2.05, 4.69) is 18.6 Å². The zero-order chi connectivity index (χ0) is 30.2. The molecule has 0 saturated carbocycles. The van der Waals surface area contributed by atoms with Gasteiger partial charge in [0, 0.05) is 0 Å². The Kier molecular flexibility index (Phi) is 11.7. The summed E-state index contributed by atoms with van der Waals surface area (Å²) in [4.78, 5) is 23.5. The van der Waals surface area contributed by atoms with Crippen LogP contribution in [0, 0.1) is 5.41 Å². The largest absolute Gasteiger partial charge is 0.454 e. The Morgan fingerprint density at radius 3 is 1.85 bits per heavy atom. The third-order valence-corrected chi connectivity index (χ3v) is 7.59. The zero-order valence-electron chi connectivity index (χ0n) is 22.1. The van der Waals surface area contributed by atoms with Crippen molar-refractivity contribution in [1.82, 2.24) is 0 Å². The molecule has 39 heavy (non-hydrogen) atoms. The van der Waals surface area contributed by atoms with Crippen molar-refractivity contribution >= 4 is 32.2 Å². The van der Waals surface area contributed by atoms with E-state index in [-0.39, 0.29) is 16.2 Å². The van der Waals surface area contributed by atoms with Crippen molar-refractivity contribution < 1.29 is 53.8 Å². The minimum atomic E-state index is -5.69. The van der Waals surface area contributed by atoms with Crippen LogP contribution < -0.4 is 4.74 Å². The molecule has 14 heteroatoms. The van der Waals surface area contributed by atoms with Crippen molar-refractivity contribution in [1.29, 1.82) is 0 Å². The summed E-state index contributed by atoms with van der Waals surface area (Å²) in [5, 5.41) is -4.61. The Labute approximate surface area is 226 Å². The lowest BCUT2D eigenvalue weighted by Crippen LogP contribution is -2.34. The number of halogens is 2. The molecule has 218 valence electrons. The molecule has 2 aromatic rings. The molecule has 0 aliphatic carbocycles. The number of hydrogen-bond acceptors (Lipinski definition) is 8. The lowest BCUT2D eigenvalue weighted by molar-refractivity contribution is -0.144. The molecule has 0 fully saturated rings. The van der Waals surface area contributed by atoms with Crippen LogP contribution in [0.25, 0.3) is 0 Å². The van der Waals surface area contributed by atoms with E-state index >= 15 is 0 Å². The second-order valence-corrected chi connectivity index (χ2v) is 12.2. The molecule has 2 rings (SSSR count). The van der Waals surface area contributed by atoms with Gasteiger partial charge in [-0.2, -0.15) is 25.6 Å². The van der Waals surface area contributed by atoms with Gasteiger partial charge in [-0.15, -0.1) is 0 Å². The van der Waals surface area contributed by atoms with Gasteiger partial charge in [0.15, 0.2) is 6.61 Å². The van der Waals surface area contributed by atoms with Crippen molar-refractivity contribution in [2.75, 3.05) is 6.61 Å². The highest BCUT2D eigenvalue weighted by Gasteiger charge is 2.45. The van der Waals surface area contributed by atoms with Crippen LogP contribution in [-0.4, -0.2) is 49.7 Å². The Bertz CT molecular complexity index is 1340. The van der Waals surface area contributed by atoms with Gasteiger partial charge < -0.3 is 9.47 Å². The first-order valence-electron chi connectivity index (χ1n) is 11.7. The van der Waals surface area contributed by atoms with E-state index in [1.807, 2.05) is 6.92 Å². The molecule has 0 aliphatic rings. The molecule has 1 atom stereocenters. The van der Waals surface area contributed by atoms with Gasteiger partial charge in [-0.05, 0) is 74.6 Å². The second-order valence-electron chi connectivity index (χ2n) is 9.19. The molecular formula is C25H32F2O10S2. The number of rotatable bonds is 10. The van der Waals surface area contributed by atoms with Crippen molar-refractivity contribution in [3.05, 3.63) is 59.7 Å². The van der Waals surface area contributed by atoms with Crippen LogP contribution in [0.1, 0.15) is 69.3 Å². The van der Waals surface area contributed by atoms with Gasteiger partial charge in [-0.25, -0.2) is 4.79 Å². The molecule has 1 unspecified atom stereocenters. The van der Waals surface area contributed by atoms with Gasteiger partial charge in [-0.1, -0.05) is 32.9 Å². The van der Waals surface area contributed by atoms with E-state index in [1.165, 1.54) is 24.3 Å². The quantitative estimate of drug-likeness (QED) is 0.215. The fraction of sp³-hybridized carbons (Fsp3) is 0.440. The Morgan fingerprint density at radius 2 is 1.44 bits per heavy atom. The summed E-state index contributed by atoms with van der Waals surface area (Å²) >= 11 is 0. The summed E-state index contributed by atoms with van der Waals surface area (Å²) in [6.07, 6.45) is 1.56. The number of benzene rings is 2. The van der Waals surface area contributed by atoms with Crippen LogP contribution in [0.15, 0.2) is 53.4 Å². The standard InChI is InChI=1S/C15H18F2O7S.C10H14O3S/c1-4-14(2,3)13(19)24-11-7-5-10(6-8-11)12(18)23-9-15(16,17)25(20,21)22;1-3-8(2)9-4-6-10(7-5-9)14(11,12)13/h5-8H,4,9H2,1-3H3,(H,20,21,22);4-8H,3H2,1-2H3,(H,11,12,13). The van der Waals surface area contributed by atoms with Crippen molar-refractivity contribution in [3.63, 3.8) is 0 Å². The smallest absolute Gasteiger partial charge is 0.402 e. The van der Waals surface area contributed by atoms with Crippen LogP contribution >= 0.6 is 0 Å². The third kappa shape index (κ3) is 10.3. The SMILES string of the molecule is CCC(C)(C)C(=O)Oc1ccc(C(=O)OCC(F)(F)S(=O)(=O)O)cc1.CCC(C)c1ccc(S(=O)(=O)O)cc1. The number of hydrogen-bond donors (Lipinski definition) is 2. The molecular weight excluding hydrogens is 562 g/mol. The minimum Gasteiger partial charge on any atom is -0.454 e. The Morgan fingerprint density at radius 1 is 0.923 bits per heavy atom. The summed E-state index contributed by atoms with van der Waals surface area (Å²) < 4.78 is 94.7. The number of esters is 2. The average Bonchev–Trinajstić information content (AvgIpc) is 2.86. The second kappa shape index (κ2) is 13.4. The van der Waals surface area contributed by atoms with E-state index < -0.39 is 49.5 Å². The van der Waals surface area contributed by atoms with E-state index in [1.54, 1.807) is 26.0 Å². The number of ether oxygens (including phenoxy) is 2. The molecule has 0 radical (unpaired) electrons. The highest BCUT2D eigenvalue weighted by Crippen LogP contribution is 2.25. The first kappa shape index (κ1) is 34.1. The Balaban J connectivity index is 0.000000457. The zero-order valence-corrected chi connectivity index (χ0v) is 23.7. The molecule has 0 amide bonds. The van der Waals surface area contributed by atoms with Gasteiger partial charge in [0.1, 0.15) is 5.75 Å². The molecule has 0 spiro atoms. The summed E-state index contributed by atoms with van der Waals surface area (Å²) in [6.45, 7) is 7.55. The van der Waals surface area contributed by atoms with E-state index in [9.17, 15) is 35.2 Å². The van der Waals surface area contributed by atoms with Gasteiger partial charge in [-0.3, -0.25) is 13.9 Å². The van der Waals surface area contributed by atoms with E-state index in [4.69, 9.17) is 13.8 Å².